The van der Waals surface area contributed by atoms with Gasteiger partial charge in [-0.05, 0) is 53.8 Å². The highest BCUT2D eigenvalue weighted by Gasteiger charge is 2.21. The highest BCUT2D eigenvalue weighted by Crippen LogP contribution is 2.36. The first kappa shape index (κ1) is 27.9. The van der Waals surface area contributed by atoms with Gasteiger partial charge in [0.15, 0.2) is 0 Å². The summed E-state index contributed by atoms with van der Waals surface area (Å²) in [5.74, 6) is 0.899. The van der Waals surface area contributed by atoms with E-state index in [2.05, 4.69) is 42.1 Å². The molecule has 0 aliphatic carbocycles. The molecule has 0 fully saturated rings. The Kier molecular flexibility index (Phi) is 8.03. The summed E-state index contributed by atoms with van der Waals surface area (Å²) in [5.41, 5.74) is 5.37. The number of hydrogen-bond acceptors (Lipinski definition) is 6. The van der Waals surface area contributed by atoms with Crippen LogP contribution in [0.15, 0.2) is 91.1 Å². The number of pyridine rings is 1. The third kappa shape index (κ3) is 6.73. The highest BCUT2D eigenvalue weighted by atomic mass is 16.5. The first-order chi connectivity index (χ1) is 19.7. The minimum absolute atomic E-state index is 0.0635. The van der Waals surface area contributed by atoms with E-state index in [9.17, 15) is 9.90 Å². The second-order valence-electron chi connectivity index (χ2n) is 11.2. The summed E-state index contributed by atoms with van der Waals surface area (Å²) in [7, 11) is 0. The molecule has 3 N–H and O–H groups in total. The predicted octanol–water partition coefficient (Wildman–Crippen LogP) is 7.44. The number of fused-ring (bicyclic) bond motifs is 1. The molecule has 0 bridgehead atoms. The average molecular weight is 550 g/mol. The Balaban J connectivity index is 1.38. The van der Waals surface area contributed by atoms with E-state index in [0.29, 0.717) is 24.1 Å². The van der Waals surface area contributed by atoms with Gasteiger partial charge < -0.3 is 20.1 Å². The number of nitrogens with one attached hydrogen (secondary N) is 2. The van der Waals surface area contributed by atoms with Crippen LogP contribution in [-0.4, -0.2) is 37.5 Å². The van der Waals surface area contributed by atoms with E-state index in [-0.39, 0.29) is 18.0 Å². The quantitative estimate of drug-likeness (QED) is 0.166. The van der Waals surface area contributed by atoms with Crippen molar-refractivity contribution < 1.29 is 14.6 Å². The van der Waals surface area contributed by atoms with Crippen molar-refractivity contribution in [2.45, 2.75) is 45.7 Å². The van der Waals surface area contributed by atoms with E-state index < -0.39 is 5.97 Å². The Morgan fingerprint density at radius 1 is 1.02 bits per heavy atom. The number of ether oxygens (including phenoxy) is 1. The third-order valence-corrected chi connectivity index (χ3v) is 7.03. The number of aliphatic carboxylic acids is 1. The number of aromatic amines is 1. The SMILES string of the molecule is CC(c1ccc2nc(Nc3cccnc3Oc3ccccc3C(C)(C)C)[nH]c2c1)N(CC(=O)O)Cc1ccccc1. The van der Waals surface area contributed by atoms with E-state index in [4.69, 9.17) is 9.72 Å². The van der Waals surface area contributed by atoms with E-state index in [0.717, 1.165) is 33.5 Å². The third-order valence-electron chi connectivity index (χ3n) is 7.03. The fourth-order valence-corrected chi connectivity index (χ4v) is 4.85. The molecule has 210 valence electrons. The zero-order valence-electron chi connectivity index (χ0n) is 23.8. The Morgan fingerprint density at radius 2 is 1.78 bits per heavy atom. The molecule has 0 aliphatic heterocycles. The first-order valence-corrected chi connectivity index (χ1v) is 13.7. The smallest absolute Gasteiger partial charge is 0.317 e. The van der Waals surface area contributed by atoms with Gasteiger partial charge >= 0.3 is 5.97 Å². The second-order valence-corrected chi connectivity index (χ2v) is 11.2. The Bertz CT molecular complexity index is 1640. The number of carboxylic acids is 1. The van der Waals surface area contributed by atoms with Crippen molar-refractivity contribution in [2.24, 2.45) is 0 Å². The maximum absolute atomic E-state index is 11.7. The van der Waals surface area contributed by atoms with Crippen LogP contribution in [0, 0.1) is 0 Å². The van der Waals surface area contributed by atoms with Crippen LogP contribution in [0.2, 0.25) is 0 Å². The molecule has 0 saturated heterocycles. The molecule has 8 nitrogen and oxygen atoms in total. The van der Waals surface area contributed by atoms with Gasteiger partial charge in [0.2, 0.25) is 11.8 Å². The summed E-state index contributed by atoms with van der Waals surface area (Å²) in [5, 5.41) is 12.9. The van der Waals surface area contributed by atoms with Crippen LogP contribution in [0.5, 0.6) is 11.6 Å². The van der Waals surface area contributed by atoms with Gasteiger partial charge in [-0.3, -0.25) is 9.69 Å². The van der Waals surface area contributed by atoms with Crippen molar-refractivity contribution in [3.05, 3.63) is 108 Å². The summed E-state index contributed by atoms with van der Waals surface area (Å²) in [6.07, 6.45) is 1.70. The standard InChI is InChI=1S/C33H35N5O3/c1-22(38(21-30(39)40)20-23-11-6-5-7-12-23)24-16-17-26-28(19-24)37-32(35-26)36-27-14-10-18-34-31(27)41-29-15-9-8-13-25(29)33(2,3)4/h5-19,22H,20-21H2,1-4H3,(H,39,40)(H2,35,36,37). The molecule has 2 aromatic heterocycles. The lowest BCUT2D eigenvalue weighted by Crippen LogP contribution is -2.32. The summed E-state index contributed by atoms with van der Waals surface area (Å²) < 4.78 is 6.30. The molecule has 0 aliphatic rings. The molecule has 5 aromatic rings. The monoisotopic (exact) mass is 549 g/mol. The van der Waals surface area contributed by atoms with E-state index in [1.165, 1.54) is 0 Å². The van der Waals surface area contributed by atoms with Crippen molar-refractivity contribution in [3.8, 4) is 11.6 Å². The summed E-state index contributed by atoms with van der Waals surface area (Å²) in [6.45, 7) is 8.95. The number of hydrogen-bond donors (Lipinski definition) is 3. The molecule has 0 amide bonds. The minimum Gasteiger partial charge on any atom is -0.480 e. The predicted molar refractivity (Wildman–Crippen MR) is 162 cm³/mol. The topological polar surface area (TPSA) is 103 Å². The van der Waals surface area contributed by atoms with E-state index in [1.807, 2.05) is 90.7 Å². The highest BCUT2D eigenvalue weighted by molar-refractivity contribution is 5.79. The zero-order valence-corrected chi connectivity index (χ0v) is 23.8. The molecule has 41 heavy (non-hydrogen) atoms. The van der Waals surface area contributed by atoms with Gasteiger partial charge in [-0.15, -0.1) is 0 Å². The molecule has 1 atom stereocenters. The van der Waals surface area contributed by atoms with Crippen LogP contribution in [0.25, 0.3) is 11.0 Å². The van der Waals surface area contributed by atoms with Gasteiger partial charge in [0.05, 0.1) is 17.6 Å². The van der Waals surface area contributed by atoms with Crippen molar-refractivity contribution >= 4 is 28.6 Å². The van der Waals surface area contributed by atoms with Gasteiger partial charge in [0.25, 0.3) is 0 Å². The lowest BCUT2D eigenvalue weighted by atomic mass is 9.86. The molecule has 3 aromatic carbocycles. The number of rotatable bonds is 10. The number of imidazole rings is 1. The number of nitrogens with zero attached hydrogens (tertiary/aromatic N) is 3. The molecule has 0 saturated carbocycles. The molecule has 8 heteroatoms. The van der Waals surface area contributed by atoms with Gasteiger partial charge in [-0.1, -0.05) is 75.4 Å². The number of H-pyrrole nitrogens is 1. The number of carbonyl (C=O) groups is 1. The number of carboxylic acid groups (broad SMARTS) is 1. The summed E-state index contributed by atoms with van der Waals surface area (Å²) >= 11 is 0. The maximum atomic E-state index is 11.7. The van der Waals surface area contributed by atoms with Crippen LogP contribution in [0.4, 0.5) is 11.6 Å². The fourth-order valence-electron chi connectivity index (χ4n) is 4.85. The van der Waals surface area contributed by atoms with Crippen molar-refractivity contribution in [1.29, 1.82) is 0 Å². The van der Waals surface area contributed by atoms with Crippen LogP contribution in [0.3, 0.4) is 0 Å². The van der Waals surface area contributed by atoms with Crippen LogP contribution in [-0.2, 0) is 16.8 Å². The van der Waals surface area contributed by atoms with Crippen LogP contribution in [0.1, 0.15) is 50.4 Å². The lowest BCUT2D eigenvalue weighted by Gasteiger charge is -2.28. The van der Waals surface area contributed by atoms with Crippen molar-refractivity contribution in [3.63, 3.8) is 0 Å². The molecule has 5 rings (SSSR count). The van der Waals surface area contributed by atoms with Gasteiger partial charge in [-0.25, -0.2) is 9.97 Å². The molecular formula is C33H35N5O3. The van der Waals surface area contributed by atoms with Gasteiger partial charge in [0.1, 0.15) is 11.4 Å². The second kappa shape index (κ2) is 11.8. The van der Waals surface area contributed by atoms with Gasteiger partial charge in [0, 0.05) is 24.3 Å². The van der Waals surface area contributed by atoms with Crippen LogP contribution < -0.4 is 10.1 Å². The number of anilines is 2. The molecular weight excluding hydrogens is 514 g/mol. The van der Waals surface area contributed by atoms with Crippen molar-refractivity contribution in [1.82, 2.24) is 19.9 Å². The fraction of sp³-hybridized carbons (Fsp3) is 0.242. The molecule has 1 unspecified atom stereocenters. The lowest BCUT2D eigenvalue weighted by molar-refractivity contribution is -0.139. The largest absolute Gasteiger partial charge is 0.480 e. The molecule has 2 heterocycles. The van der Waals surface area contributed by atoms with Crippen molar-refractivity contribution in [2.75, 3.05) is 11.9 Å². The number of aromatic nitrogens is 3. The zero-order chi connectivity index (χ0) is 29.0. The summed E-state index contributed by atoms with van der Waals surface area (Å²) in [4.78, 5) is 26.2. The van der Waals surface area contributed by atoms with Gasteiger partial charge in [-0.2, -0.15) is 0 Å². The normalized spacial score (nSPS) is 12.4. The summed E-state index contributed by atoms with van der Waals surface area (Å²) in [6, 6.07) is 27.5. The van der Waals surface area contributed by atoms with E-state index in [1.54, 1.807) is 6.20 Å². The number of benzene rings is 3. The Hall–Kier alpha value is -4.69. The minimum atomic E-state index is -0.860. The Labute approximate surface area is 240 Å². The first-order valence-electron chi connectivity index (χ1n) is 13.7. The Morgan fingerprint density at radius 3 is 2.54 bits per heavy atom. The number of para-hydroxylation sites is 1. The molecule has 0 spiro atoms. The van der Waals surface area contributed by atoms with E-state index >= 15 is 0 Å². The average Bonchev–Trinajstić information content (AvgIpc) is 3.35. The van der Waals surface area contributed by atoms with Crippen LogP contribution >= 0.6 is 0 Å². The maximum Gasteiger partial charge on any atom is 0.317 e. The molecule has 0 radical (unpaired) electrons.